The number of rotatable bonds is 5. The molecule has 1 saturated heterocycles. The highest BCUT2D eigenvalue weighted by atomic mass is 15.1. The maximum Gasteiger partial charge on any atom is 0.128 e. The molecule has 0 aromatic carbocycles. The van der Waals surface area contributed by atoms with Gasteiger partial charge in [-0.3, -0.25) is 9.88 Å². The van der Waals surface area contributed by atoms with Gasteiger partial charge in [0.25, 0.3) is 0 Å². The van der Waals surface area contributed by atoms with Crippen molar-refractivity contribution in [2.45, 2.75) is 31.8 Å². The van der Waals surface area contributed by atoms with Crippen LogP contribution in [0.3, 0.4) is 0 Å². The molecule has 5 heteroatoms. The predicted molar refractivity (Wildman–Crippen MR) is 99.3 cm³/mol. The fraction of sp³-hybridized carbons (Fsp3) is 0.474. The third kappa shape index (κ3) is 4.68. The molecule has 0 aliphatic carbocycles. The summed E-state index contributed by atoms with van der Waals surface area (Å²) >= 11 is 0. The van der Waals surface area contributed by atoms with Gasteiger partial charge in [-0.1, -0.05) is 6.07 Å². The van der Waals surface area contributed by atoms with E-state index < -0.39 is 0 Å². The fourth-order valence-electron chi connectivity index (χ4n) is 3.15. The molecule has 1 aliphatic rings. The van der Waals surface area contributed by atoms with Crippen molar-refractivity contribution in [2.75, 3.05) is 37.4 Å². The van der Waals surface area contributed by atoms with E-state index in [1.807, 2.05) is 37.5 Å². The molecule has 2 aromatic heterocycles. The highest BCUT2D eigenvalue weighted by molar-refractivity contribution is 5.48. The monoisotopic (exact) mass is 325 g/mol. The van der Waals surface area contributed by atoms with Gasteiger partial charge < -0.3 is 10.2 Å². The summed E-state index contributed by atoms with van der Waals surface area (Å²) in [5.74, 6) is 0.989. The number of hydrogen-bond donors (Lipinski definition) is 1. The van der Waals surface area contributed by atoms with Gasteiger partial charge in [-0.2, -0.15) is 0 Å². The van der Waals surface area contributed by atoms with E-state index in [2.05, 4.69) is 44.5 Å². The molecular formula is C19H27N5. The van der Waals surface area contributed by atoms with Crippen LogP contribution >= 0.6 is 0 Å². The molecular weight excluding hydrogens is 298 g/mol. The number of hydrogen-bond acceptors (Lipinski definition) is 5. The van der Waals surface area contributed by atoms with E-state index in [0.717, 1.165) is 43.3 Å². The molecule has 1 atom stereocenters. The summed E-state index contributed by atoms with van der Waals surface area (Å²) < 4.78 is 0. The van der Waals surface area contributed by atoms with Crippen molar-refractivity contribution >= 4 is 11.5 Å². The Morgan fingerprint density at radius 2 is 2.04 bits per heavy atom. The lowest BCUT2D eigenvalue weighted by Crippen LogP contribution is -2.26. The molecule has 1 unspecified atom stereocenters. The lowest BCUT2D eigenvalue weighted by atomic mass is 10.1. The van der Waals surface area contributed by atoms with Crippen LogP contribution in [0.4, 0.5) is 11.5 Å². The Morgan fingerprint density at radius 3 is 2.75 bits per heavy atom. The van der Waals surface area contributed by atoms with E-state index in [1.165, 1.54) is 12.8 Å². The second-order valence-electron chi connectivity index (χ2n) is 6.67. The molecule has 2 aromatic rings. The van der Waals surface area contributed by atoms with Crippen molar-refractivity contribution in [3.8, 4) is 0 Å². The van der Waals surface area contributed by atoms with Crippen LogP contribution in [0.25, 0.3) is 0 Å². The number of anilines is 2. The molecule has 1 aliphatic heterocycles. The molecule has 0 saturated carbocycles. The Bertz CT molecular complexity index is 611. The Morgan fingerprint density at radius 1 is 1.12 bits per heavy atom. The molecule has 0 spiro atoms. The molecule has 5 nitrogen and oxygen atoms in total. The van der Waals surface area contributed by atoms with E-state index >= 15 is 0 Å². The van der Waals surface area contributed by atoms with Crippen molar-refractivity contribution in [3.63, 3.8) is 0 Å². The molecule has 1 N–H and O–H groups in total. The second kappa shape index (κ2) is 8.11. The average Bonchev–Trinajstić information content (AvgIpc) is 2.82. The minimum Gasteiger partial charge on any atom is -0.381 e. The number of aromatic nitrogens is 2. The van der Waals surface area contributed by atoms with Crippen molar-refractivity contribution in [1.82, 2.24) is 14.9 Å². The van der Waals surface area contributed by atoms with Crippen LogP contribution in [0.2, 0.25) is 0 Å². The number of nitrogens with zero attached hydrogens (tertiary/aromatic N) is 4. The molecule has 0 amide bonds. The van der Waals surface area contributed by atoms with Gasteiger partial charge in [0, 0.05) is 39.4 Å². The van der Waals surface area contributed by atoms with Gasteiger partial charge in [0.05, 0.1) is 17.6 Å². The molecule has 128 valence electrons. The van der Waals surface area contributed by atoms with Crippen molar-refractivity contribution < 1.29 is 0 Å². The van der Waals surface area contributed by atoms with Crippen molar-refractivity contribution in [3.05, 3.63) is 48.4 Å². The van der Waals surface area contributed by atoms with Gasteiger partial charge in [0.15, 0.2) is 0 Å². The quantitative estimate of drug-likeness (QED) is 0.915. The lowest BCUT2D eigenvalue weighted by Gasteiger charge is -2.20. The first kappa shape index (κ1) is 16.7. The van der Waals surface area contributed by atoms with E-state index in [0.29, 0.717) is 6.04 Å². The van der Waals surface area contributed by atoms with Crippen LogP contribution in [0, 0.1) is 0 Å². The van der Waals surface area contributed by atoms with E-state index in [9.17, 15) is 0 Å². The van der Waals surface area contributed by atoms with Crippen LogP contribution in [0.5, 0.6) is 0 Å². The topological polar surface area (TPSA) is 44.3 Å². The average molecular weight is 325 g/mol. The Balaban J connectivity index is 1.52. The summed E-state index contributed by atoms with van der Waals surface area (Å²) in [6, 6.07) is 10.9. The largest absolute Gasteiger partial charge is 0.381 e. The molecule has 3 heterocycles. The number of nitrogens with one attached hydrogen (secondary N) is 1. The predicted octanol–water partition coefficient (Wildman–Crippen LogP) is 3.01. The first-order valence-electron chi connectivity index (χ1n) is 8.73. The maximum atomic E-state index is 4.48. The Hall–Kier alpha value is -2.14. The van der Waals surface area contributed by atoms with E-state index in [1.54, 1.807) is 0 Å². The maximum absolute atomic E-state index is 4.48. The minimum atomic E-state index is 0.519. The van der Waals surface area contributed by atoms with Crippen LogP contribution in [-0.2, 0) is 6.54 Å². The molecule has 0 radical (unpaired) electrons. The van der Waals surface area contributed by atoms with Crippen LogP contribution in [-0.4, -0.2) is 48.1 Å². The second-order valence-corrected chi connectivity index (χ2v) is 6.67. The number of likely N-dealkylation sites (tertiary alicyclic amines) is 1. The normalized spacial score (nSPS) is 18.8. The highest BCUT2D eigenvalue weighted by Gasteiger charge is 2.17. The van der Waals surface area contributed by atoms with Gasteiger partial charge in [0.1, 0.15) is 5.82 Å². The van der Waals surface area contributed by atoms with E-state index in [-0.39, 0.29) is 0 Å². The van der Waals surface area contributed by atoms with Crippen LogP contribution in [0.1, 0.15) is 25.0 Å². The minimum absolute atomic E-state index is 0.519. The summed E-state index contributed by atoms with van der Waals surface area (Å²) in [5, 5.41) is 3.65. The summed E-state index contributed by atoms with van der Waals surface area (Å²) in [6.07, 6.45) is 7.39. The van der Waals surface area contributed by atoms with Gasteiger partial charge >= 0.3 is 0 Å². The molecule has 0 bridgehead atoms. The van der Waals surface area contributed by atoms with Gasteiger partial charge in [0.2, 0.25) is 0 Å². The first-order chi connectivity index (χ1) is 11.7. The summed E-state index contributed by atoms with van der Waals surface area (Å²) in [5.41, 5.74) is 2.27. The van der Waals surface area contributed by atoms with Gasteiger partial charge in [-0.05, 0) is 50.1 Å². The Labute approximate surface area is 144 Å². The lowest BCUT2D eigenvalue weighted by molar-refractivity contribution is 0.273. The third-order valence-corrected chi connectivity index (χ3v) is 4.51. The summed E-state index contributed by atoms with van der Waals surface area (Å²) in [7, 11) is 4.02. The molecule has 1 fully saturated rings. The van der Waals surface area contributed by atoms with Crippen LogP contribution in [0.15, 0.2) is 42.7 Å². The number of pyridine rings is 2. The SMILES string of the molecule is CN(C)c1ccc(NC2CCCN(Cc3ccccn3)CC2)cn1. The smallest absolute Gasteiger partial charge is 0.128 e. The van der Waals surface area contributed by atoms with Gasteiger partial charge in [-0.15, -0.1) is 0 Å². The third-order valence-electron chi connectivity index (χ3n) is 4.51. The van der Waals surface area contributed by atoms with Crippen LogP contribution < -0.4 is 10.2 Å². The van der Waals surface area contributed by atoms with Crippen molar-refractivity contribution in [1.29, 1.82) is 0 Å². The first-order valence-corrected chi connectivity index (χ1v) is 8.73. The fourth-order valence-corrected chi connectivity index (χ4v) is 3.15. The zero-order chi connectivity index (χ0) is 16.8. The molecule has 24 heavy (non-hydrogen) atoms. The van der Waals surface area contributed by atoms with E-state index in [4.69, 9.17) is 0 Å². The summed E-state index contributed by atoms with van der Waals surface area (Å²) in [4.78, 5) is 13.5. The summed E-state index contributed by atoms with van der Waals surface area (Å²) in [6.45, 7) is 3.21. The zero-order valence-electron chi connectivity index (χ0n) is 14.7. The van der Waals surface area contributed by atoms with Crippen molar-refractivity contribution in [2.24, 2.45) is 0 Å². The zero-order valence-corrected chi connectivity index (χ0v) is 14.7. The Kier molecular flexibility index (Phi) is 5.64. The standard InChI is InChI=1S/C19H27N5/c1-23(2)19-9-8-17(14-21-19)22-16-7-5-12-24(13-10-16)15-18-6-3-4-11-20-18/h3-4,6,8-9,11,14,16,22H,5,7,10,12-13,15H2,1-2H3. The molecule has 3 rings (SSSR count). The highest BCUT2D eigenvalue weighted by Crippen LogP contribution is 2.19. The van der Waals surface area contributed by atoms with Gasteiger partial charge in [-0.25, -0.2) is 4.98 Å².